The maximum absolute atomic E-state index is 13.2. The Morgan fingerprint density at radius 3 is 1.42 bits per heavy atom. The minimum atomic E-state index is -0.756. The summed E-state index contributed by atoms with van der Waals surface area (Å²) < 4.78 is 9.69. The van der Waals surface area contributed by atoms with Crippen LogP contribution in [-0.4, -0.2) is 50.1 Å². The standard InChI is InChI=1S/C23H36N2O6/c1-12(2)9-16(22(28)30-5)24-20(26)18-14-7-8-15(11-14)19(18)21(27)25-17(10-13(3)4)23(29)31-6/h7-8,12-19H,9-11H2,1-6H3,(H,24,26)(H,25,27)/t14-,15+,16-,17-,18+,19-/m0/s1. The second kappa shape index (κ2) is 10.8. The Morgan fingerprint density at radius 2 is 1.13 bits per heavy atom. The number of fused-ring (bicyclic) bond motifs is 2. The zero-order valence-electron chi connectivity index (χ0n) is 19.3. The number of nitrogens with one attached hydrogen (secondary N) is 2. The molecule has 2 aliphatic rings. The second-order valence-corrected chi connectivity index (χ2v) is 9.43. The van der Waals surface area contributed by atoms with Gasteiger partial charge in [-0.05, 0) is 42.9 Å². The Balaban J connectivity index is 2.17. The van der Waals surface area contributed by atoms with Gasteiger partial charge in [-0.1, -0.05) is 39.8 Å². The van der Waals surface area contributed by atoms with Crippen LogP contribution in [0.4, 0.5) is 0 Å². The maximum atomic E-state index is 13.2. The molecule has 0 aromatic rings. The van der Waals surface area contributed by atoms with E-state index in [1.165, 1.54) is 14.2 Å². The number of allylic oxidation sites excluding steroid dienone is 2. The third-order valence-corrected chi connectivity index (χ3v) is 6.08. The fraction of sp³-hybridized carbons (Fsp3) is 0.739. The zero-order valence-corrected chi connectivity index (χ0v) is 19.3. The van der Waals surface area contributed by atoms with Gasteiger partial charge in [0.25, 0.3) is 0 Å². The first-order chi connectivity index (χ1) is 14.6. The molecule has 174 valence electrons. The predicted octanol–water partition coefficient (Wildman–Crippen LogP) is 1.83. The lowest BCUT2D eigenvalue weighted by Crippen LogP contribution is -2.51. The molecule has 2 amide bonds. The summed E-state index contributed by atoms with van der Waals surface area (Å²) in [4.78, 5) is 50.7. The molecule has 2 aliphatic carbocycles. The van der Waals surface area contributed by atoms with Gasteiger partial charge in [0.1, 0.15) is 12.1 Å². The highest BCUT2D eigenvalue weighted by Crippen LogP contribution is 2.48. The number of carbonyl (C=O) groups is 4. The number of methoxy groups -OCH3 is 2. The first-order valence-corrected chi connectivity index (χ1v) is 11.0. The fourth-order valence-corrected chi connectivity index (χ4v) is 4.73. The number of hydrogen-bond donors (Lipinski definition) is 2. The number of rotatable bonds is 10. The summed E-state index contributed by atoms with van der Waals surface area (Å²) >= 11 is 0. The molecule has 0 saturated heterocycles. The minimum absolute atomic E-state index is 0.0697. The molecule has 8 heteroatoms. The van der Waals surface area contributed by atoms with Gasteiger partial charge in [0.05, 0.1) is 26.1 Å². The molecule has 2 bridgehead atoms. The van der Waals surface area contributed by atoms with Crippen LogP contribution >= 0.6 is 0 Å². The van der Waals surface area contributed by atoms with Crippen molar-refractivity contribution in [2.24, 2.45) is 35.5 Å². The van der Waals surface area contributed by atoms with Gasteiger partial charge in [0.15, 0.2) is 0 Å². The number of esters is 2. The quantitative estimate of drug-likeness (QED) is 0.399. The lowest BCUT2D eigenvalue weighted by molar-refractivity contribution is -0.148. The van der Waals surface area contributed by atoms with Gasteiger partial charge in [0, 0.05) is 0 Å². The fourth-order valence-electron chi connectivity index (χ4n) is 4.73. The number of hydrogen-bond acceptors (Lipinski definition) is 6. The van der Waals surface area contributed by atoms with Gasteiger partial charge >= 0.3 is 11.9 Å². The smallest absolute Gasteiger partial charge is 0.328 e. The number of ether oxygens (including phenoxy) is 2. The van der Waals surface area contributed by atoms with E-state index in [4.69, 9.17) is 9.47 Å². The Bertz CT molecular complexity index is 659. The molecule has 1 fully saturated rings. The van der Waals surface area contributed by atoms with Crippen molar-refractivity contribution in [2.45, 2.75) is 59.0 Å². The van der Waals surface area contributed by atoms with Crippen molar-refractivity contribution in [3.8, 4) is 0 Å². The SMILES string of the molecule is COC(=O)[C@H](CC(C)C)NC(=O)[C@@H]1[C@H](C(=O)N[C@@H](CC(C)C)C(=O)OC)[C@H]2C=C[C@@H]1C2. The molecule has 0 radical (unpaired) electrons. The maximum Gasteiger partial charge on any atom is 0.328 e. The molecule has 0 aliphatic heterocycles. The van der Waals surface area contributed by atoms with E-state index in [2.05, 4.69) is 10.6 Å². The van der Waals surface area contributed by atoms with Crippen LogP contribution in [0.3, 0.4) is 0 Å². The lowest BCUT2D eigenvalue weighted by Gasteiger charge is -2.29. The molecule has 2 rings (SSSR count). The van der Waals surface area contributed by atoms with Gasteiger partial charge in [-0.2, -0.15) is 0 Å². The predicted molar refractivity (Wildman–Crippen MR) is 115 cm³/mol. The summed E-state index contributed by atoms with van der Waals surface area (Å²) in [6, 6.07) is -1.51. The van der Waals surface area contributed by atoms with Gasteiger partial charge in [0.2, 0.25) is 11.8 Å². The van der Waals surface area contributed by atoms with Gasteiger partial charge < -0.3 is 20.1 Å². The molecule has 6 atom stereocenters. The van der Waals surface area contributed by atoms with Gasteiger partial charge in [-0.25, -0.2) is 9.59 Å². The summed E-state index contributed by atoms with van der Waals surface area (Å²) in [5.74, 6) is -2.61. The molecular weight excluding hydrogens is 400 g/mol. The van der Waals surface area contributed by atoms with Crippen molar-refractivity contribution < 1.29 is 28.7 Å². The highest BCUT2D eigenvalue weighted by atomic mass is 16.5. The van der Waals surface area contributed by atoms with Crippen LogP contribution in [0.25, 0.3) is 0 Å². The molecule has 0 aromatic carbocycles. The lowest BCUT2D eigenvalue weighted by atomic mass is 9.81. The molecule has 0 unspecified atom stereocenters. The van der Waals surface area contributed by atoms with E-state index < -0.39 is 35.9 Å². The molecule has 0 spiro atoms. The Hall–Kier alpha value is -2.38. The highest BCUT2D eigenvalue weighted by molar-refractivity contribution is 5.93. The Labute approximate surface area is 184 Å². The summed E-state index contributed by atoms with van der Waals surface area (Å²) in [6.07, 6.45) is 5.55. The van der Waals surface area contributed by atoms with Crippen LogP contribution < -0.4 is 10.6 Å². The molecule has 0 heterocycles. The topological polar surface area (TPSA) is 111 Å². The average Bonchev–Trinajstić information content (AvgIpc) is 3.32. The number of carbonyl (C=O) groups excluding carboxylic acids is 4. The van der Waals surface area contributed by atoms with Gasteiger partial charge in [-0.15, -0.1) is 0 Å². The van der Waals surface area contributed by atoms with E-state index in [-0.39, 0.29) is 35.5 Å². The van der Waals surface area contributed by atoms with Crippen LogP contribution in [0.1, 0.15) is 47.0 Å². The van der Waals surface area contributed by atoms with Crippen molar-refractivity contribution in [3.05, 3.63) is 12.2 Å². The first-order valence-electron chi connectivity index (χ1n) is 11.0. The third kappa shape index (κ3) is 6.08. The normalized spacial score (nSPS) is 25.9. The zero-order chi connectivity index (χ0) is 23.3. The van der Waals surface area contributed by atoms with E-state index in [1.54, 1.807) is 0 Å². The van der Waals surface area contributed by atoms with E-state index >= 15 is 0 Å². The average molecular weight is 437 g/mol. The van der Waals surface area contributed by atoms with E-state index in [0.29, 0.717) is 19.3 Å². The van der Waals surface area contributed by atoms with Crippen LogP contribution in [0, 0.1) is 35.5 Å². The van der Waals surface area contributed by atoms with Crippen molar-refractivity contribution in [3.63, 3.8) is 0 Å². The highest BCUT2D eigenvalue weighted by Gasteiger charge is 2.52. The van der Waals surface area contributed by atoms with E-state index in [0.717, 1.165) is 0 Å². The summed E-state index contributed by atoms with van der Waals surface area (Å²) in [5, 5.41) is 5.62. The van der Waals surface area contributed by atoms with Crippen molar-refractivity contribution in [2.75, 3.05) is 14.2 Å². The number of amides is 2. The third-order valence-electron chi connectivity index (χ3n) is 6.08. The van der Waals surface area contributed by atoms with E-state index in [9.17, 15) is 19.2 Å². The first kappa shape index (κ1) is 24.9. The van der Waals surface area contributed by atoms with Crippen molar-refractivity contribution in [1.29, 1.82) is 0 Å². The molecule has 1 saturated carbocycles. The largest absolute Gasteiger partial charge is 0.467 e. The molecule has 0 aromatic heterocycles. The molecular formula is C23H36N2O6. The molecule has 8 nitrogen and oxygen atoms in total. The van der Waals surface area contributed by atoms with Gasteiger partial charge in [-0.3, -0.25) is 9.59 Å². The summed E-state index contributed by atoms with van der Waals surface area (Å²) in [7, 11) is 2.58. The minimum Gasteiger partial charge on any atom is -0.467 e. The summed E-state index contributed by atoms with van der Waals surface area (Å²) in [5.41, 5.74) is 0. The Kier molecular flexibility index (Phi) is 8.65. The monoisotopic (exact) mass is 436 g/mol. The van der Waals surface area contributed by atoms with E-state index in [1.807, 2.05) is 39.8 Å². The van der Waals surface area contributed by atoms with Crippen LogP contribution in [0.15, 0.2) is 12.2 Å². The van der Waals surface area contributed by atoms with Crippen molar-refractivity contribution in [1.82, 2.24) is 10.6 Å². The molecule has 2 N–H and O–H groups in total. The Morgan fingerprint density at radius 1 is 0.774 bits per heavy atom. The van der Waals surface area contributed by atoms with Crippen molar-refractivity contribution >= 4 is 23.8 Å². The van der Waals surface area contributed by atoms with Crippen LogP contribution in [-0.2, 0) is 28.7 Å². The second-order valence-electron chi connectivity index (χ2n) is 9.43. The van der Waals surface area contributed by atoms with Crippen LogP contribution in [0.5, 0.6) is 0 Å². The van der Waals surface area contributed by atoms with Crippen LogP contribution in [0.2, 0.25) is 0 Å². The molecule has 31 heavy (non-hydrogen) atoms. The summed E-state index contributed by atoms with van der Waals surface area (Å²) in [6.45, 7) is 7.83.